The van der Waals surface area contributed by atoms with Crippen molar-refractivity contribution < 1.29 is 4.74 Å². The Labute approximate surface area is 89.3 Å². The van der Waals surface area contributed by atoms with E-state index in [9.17, 15) is 0 Å². The molecule has 0 saturated carbocycles. The van der Waals surface area contributed by atoms with E-state index in [1.807, 2.05) is 30.3 Å². The van der Waals surface area contributed by atoms with Crippen molar-refractivity contribution in [3.05, 3.63) is 47.5 Å². The maximum Gasteiger partial charge on any atom is 0.123 e. The van der Waals surface area contributed by atoms with Gasteiger partial charge >= 0.3 is 0 Å². The number of rotatable bonds is 3. The van der Waals surface area contributed by atoms with Gasteiger partial charge in [-0.2, -0.15) is 0 Å². The number of benzene rings is 1. The molecule has 0 aliphatic carbocycles. The Morgan fingerprint density at radius 3 is 2.50 bits per heavy atom. The highest BCUT2D eigenvalue weighted by atomic mass is 35.5. The van der Waals surface area contributed by atoms with Gasteiger partial charge < -0.3 is 4.74 Å². The van der Waals surface area contributed by atoms with Crippen LogP contribution in [0.5, 0.6) is 0 Å². The van der Waals surface area contributed by atoms with Crippen LogP contribution in [0.3, 0.4) is 0 Å². The first-order valence-corrected chi connectivity index (χ1v) is 5.11. The Bertz CT molecular complexity index is 344. The summed E-state index contributed by atoms with van der Waals surface area (Å²) >= 11 is 5.83. The van der Waals surface area contributed by atoms with E-state index < -0.39 is 0 Å². The molecule has 2 heteroatoms. The summed E-state index contributed by atoms with van der Waals surface area (Å²) in [6.45, 7) is 5.84. The van der Waals surface area contributed by atoms with Gasteiger partial charge in [-0.15, -0.1) is 6.58 Å². The SMILES string of the molecule is C=CC[C@@]1(c2ccc(Cl)cc2)O[C@@H]1C. The lowest BCUT2D eigenvalue weighted by molar-refractivity contribution is 0.300. The molecule has 0 radical (unpaired) electrons. The number of ether oxygens (including phenoxy) is 1. The Morgan fingerprint density at radius 1 is 1.50 bits per heavy atom. The molecule has 0 N–H and O–H groups in total. The molecule has 14 heavy (non-hydrogen) atoms. The molecular weight excluding hydrogens is 196 g/mol. The van der Waals surface area contributed by atoms with Crippen molar-refractivity contribution in [3.63, 3.8) is 0 Å². The van der Waals surface area contributed by atoms with E-state index in [2.05, 4.69) is 13.5 Å². The number of epoxide rings is 1. The van der Waals surface area contributed by atoms with E-state index in [1.54, 1.807) is 0 Å². The fraction of sp³-hybridized carbons (Fsp3) is 0.333. The molecular formula is C12H13ClO. The van der Waals surface area contributed by atoms with Crippen molar-refractivity contribution in [2.45, 2.75) is 25.0 Å². The van der Waals surface area contributed by atoms with Gasteiger partial charge in [-0.1, -0.05) is 29.8 Å². The highest BCUT2D eigenvalue weighted by Crippen LogP contribution is 2.49. The zero-order valence-corrected chi connectivity index (χ0v) is 8.92. The number of hydrogen-bond donors (Lipinski definition) is 0. The second kappa shape index (κ2) is 3.41. The van der Waals surface area contributed by atoms with Gasteiger partial charge in [0.2, 0.25) is 0 Å². The fourth-order valence-corrected chi connectivity index (χ4v) is 1.99. The quantitative estimate of drug-likeness (QED) is 0.547. The minimum atomic E-state index is -0.133. The summed E-state index contributed by atoms with van der Waals surface area (Å²) in [6, 6.07) is 7.84. The van der Waals surface area contributed by atoms with Crippen LogP contribution < -0.4 is 0 Å². The van der Waals surface area contributed by atoms with Crippen molar-refractivity contribution in [3.8, 4) is 0 Å². The van der Waals surface area contributed by atoms with E-state index >= 15 is 0 Å². The molecule has 0 aromatic heterocycles. The van der Waals surface area contributed by atoms with Crippen LogP contribution in [-0.2, 0) is 10.3 Å². The molecule has 1 fully saturated rings. The third-order valence-electron chi connectivity index (χ3n) is 2.77. The molecule has 1 nitrogen and oxygen atoms in total. The predicted octanol–water partition coefficient (Wildman–Crippen LogP) is 3.53. The van der Waals surface area contributed by atoms with Crippen LogP contribution in [0.1, 0.15) is 18.9 Å². The van der Waals surface area contributed by atoms with E-state index in [4.69, 9.17) is 16.3 Å². The summed E-state index contributed by atoms with van der Waals surface area (Å²) in [4.78, 5) is 0. The van der Waals surface area contributed by atoms with Crippen LogP contribution in [0.15, 0.2) is 36.9 Å². The first-order valence-electron chi connectivity index (χ1n) is 4.74. The summed E-state index contributed by atoms with van der Waals surface area (Å²) in [5, 5.41) is 0.760. The van der Waals surface area contributed by atoms with Crippen LogP contribution in [0.25, 0.3) is 0 Å². The highest BCUT2D eigenvalue weighted by molar-refractivity contribution is 6.30. The van der Waals surface area contributed by atoms with E-state index in [-0.39, 0.29) is 11.7 Å². The monoisotopic (exact) mass is 208 g/mol. The second-order valence-electron chi connectivity index (χ2n) is 3.65. The maximum atomic E-state index is 5.83. The normalized spacial score (nSPS) is 30.0. The second-order valence-corrected chi connectivity index (χ2v) is 4.09. The molecule has 2 atom stereocenters. The van der Waals surface area contributed by atoms with E-state index in [0.29, 0.717) is 0 Å². The van der Waals surface area contributed by atoms with Gasteiger partial charge in [0.05, 0.1) is 6.10 Å². The molecule has 1 aromatic carbocycles. The highest BCUT2D eigenvalue weighted by Gasteiger charge is 2.53. The summed E-state index contributed by atoms with van der Waals surface area (Å²) in [5.41, 5.74) is 1.06. The smallest absolute Gasteiger partial charge is 0.123 e. The fourth-order valence-electron chi connectivity index (χ4n) is 1.86. The summed E-state index contributed by atoms with van der Waals surface area (Å²) in [5.74, 6) is 0. The van der Waals surface area contributed by atoms with Crippen molar-refractivity contribution in [2.75, 3.05) is 0 Å². The average molecular weight is 209 g/mol. The Hall–Kier alpha value is -0.790. The number of halogens is 1. The standard InChI is InChI=1S/C12H13ClO/c1-3-8-12(9(2)14-12)10-4-6-11(13)7-5-10/h3-7,9H,1,8H2,2H3/t9-,12-/m1/s1. The largest absolute Gasteiger partial charge is 0.361 e. The Morgan fingerprint density at radius 2 is 2.07 bits per heavy atom. The minimum absolute atomic E-state index is 0.133. The summed E-state index contributed by atoms with van der Waals surface area (Å²) < 4.78 is 5.66. The van der Waals surface area contributed by atoms with Gasteiger partial charge in [0.25, 0.3) is 0 Å². The van der Waals surface area contributed by atoms with Gasteiger partial charge in [-0.05, 0) is 24.6 Å². The first kappa shape index (κ1) is 9.75. The van der Waals surface area contributed by atoms with Gasteiger partial charge in [-0.3, -0.25) is 0 Å². The lowest BCUT2D eigenvalue weighted by atomic mass is 9.93. The zero-order valence-electron chi connectivity index (χ0n) is 8.16. The molecule has 0 amide bonds. The molecule has 0 bridgehead atoms. The lowest BCUT2D eigenvalue weighted by Gasteiger charge is -2.10. The third kappa shape index (κ3) is 1.47. The Kier molecular flexibility index (Phi) is 2.38. The van der Waals surface area contributed by atoms with Crippen LogP contribution in [0, 0.1) is 0 Å². The van der Waals surface area contributed by atoms with Crippen LogP contribution >= 0.6 is 11.6 Å². The molecule has 74 valence electrons. The van der Waals surface area contributed by atoms with Crippen LogP contribution in [0.2, 0.25) is 5.02 Å². The Balaban J connectivity index is 2.29. The zero-order chi connectivity index (χ0) is 10.2. The first-order chi connectivity index (χ1) is 6.69. The van der Waals surface area contributed by atoms with Crippen LogP contribution in [0.4, 0.5) is 0 Å². The molecule has 0 unspecified atom stereocenters. The van der Waals surface area contributed by atoms with Gasteiger partial charge in [0, 0.05) is 11.4 Å². The maximum absolute atomic E-state index is 5.83. The minimum Gasteiger partial charge on any atom is -0.361 e. The molecule has 1 aliphatic rings. The van der Waals surface area contributed by atoms with E-state index in [0.717, 1.165) is 11.4 Å². The third-order valence-corrected chi connectivity index (χ3v) is 3.02. The van der Waals surface area contributed by atoms with Crippen molar-refractivity contribution >= 4 is 11.6 Å². The molecule has 1 aliphatic heterocycles. The average Bonchev–Trinajstić information content (AvgIpc) is 2.79. The van der Waals surface area contributed by atoms with Gasteiger partial charge in [-0.25, -0.2) is 0 Å². The van der Waals surface area contributed by atoms with Crippen molar-refractivity contribution in [1.82, 2.24) is 0 Å². The number of hydrogen-bond acceptors (Lipinski definition) is 1. The molecule has 1 aromatic rings. The van der Waals surface area contributed by atoms with Crippen molar-refractivity contribution in [1.29, 1.82) is 0 Å². The van der Waals surface area contributed by atoms with Crippen LogP contribution in [-0.4, -0.2) is 6.10 Å². The van der Waals surface area contributed by atoms with E-state index in [1.165, 1.54) is 5.56 Å². The summed E-state index contributed by atoms with van der Waals surface area (Å²) in [6.07, 6.45) is 3.04. The molecule has 0 spiro atoms. The lowest BCUT2D eigenvalue weighted by Crippen LogP contribution is -2.10. The molecule has 2 rings (SSSR count). The predicted molar refractivity (Wildman–Crippen MR) is 58.5 cm³/mol. The van der Waals surface area contributed by atoms with Gasteiger partial charge in [0.1, 0.15) is 5.60 Å². The van der Waals surface area contributed by atoms with Gasteiger partial charge in [0.15, 0.2) is 0 Å². The van der Waals surface area contributed by atoms with Crippen molar-refractivity contribution in [2.24, 2.45) is 0 Å². The molecule has 1 saturated heterocycles. The topological polar surface area (TPSA) is 12.5 Å². The summed E-state index contributed by atoms with van der Waals surface area (Å²) in [7, 11) is 0. The molecule has 1 heterocycles.